The second kappa shape index (κ2) is 39.5. The van der Waals surface area contributed by atoms with Crippen molar-refractivity contribution in [3.8, 4) is 11.5 Å². The van der Waals surface area contributed by atoms with E-state index in [0.717, 1.165) is 38.5 Å². The minimum absolute atomic E-state index is 0.176. The molecule has 0 radical (unpaired) electrons. The number of hydrogen-bond acceptors (Lipinski definition) is 11. The molecular formula is C53H86O11. The number of methoxy groups -OCH3 is 2. The van der Waals surface area contributed by atoms with E-state index in [2.05, 4.69) is 13.8 Å². The Hall–Kier alpha value is -3.83. The summed E-state index contributed by atoms with van der Waals surface area (Å²) in [6.45, 7) is 4.16. The molecule has 0 saturated carbocycles. The maximum atomic E-state index is 12.9. The summed E-state index contributed by atoms with van der Waals surface area (Å²) in [5.74, 6) is -0.0990. The summed E-state index contributed by atoms with van der Waals surface area (Å²) >= 11 is 0. The van der Waals surface area contributed by atoms with E-state index in [1.54, 1.807) is 62.8 Å². The van der Waals surface area contributed by atoms with Crippen LogP contribution in [0.25, 0.3) is 0 Å². The standard InChI is InChI=1S/C53H86O11/c1-5-7-9-11-13-15-17-19-21-23-25-27-29-31-33-49(61-63-51(54)45-35-39-47(57-3)40-36-45)43-59-53(56)60-44-50(62-64-52(55)46-37-41-48(58-4)42-38-46)34-32-30-28-26-24-22-20-18-16-14-12-10-8-6-2/h35-42,49-50H,5-34,43-44H2,1-4H3. The van der Waals surface area contributed by atoms with E-state index >= 15 is 0 Å². The van der Waals surface area contributed by atoms with Crippen molar-refractivity contribution in [1.29, 1.82) is 0 Å². The molecule has 0 spiro atoms. The van der Waals surface area contributed by atoms with Crippen LogP contribution >= 0.6 is 0 Å². The van der Waals surface area contributed by atoms with Gasteiger partial charge in [0.1, 0.15) is 36.9 Å². The lowest BCUT2D eigenvalue weighted by atomic mass is 10.0. The molecule has 2 rings (SSSR count). The minimum atomic E-state index is -0.924. The highest BCUT2D eigenvalue weighted by molar-refractivity contribution is 5.89. The molecule has 64 heavy (non-hydrogen) atoms. The summed E-state index contributed by atoms with van der Waals surface area (Å²) in [5, 5.41) is 0. The molecule has 0 bridgehead atoms. The van der Waals surface area contributed by atoms with Crippen molar-refractivity contribution in [3.63, 3.8) is 0 Å². The third-order valence-electron chi connectivity index (χ3n) is 11.7. The van der Waals surface area contributed by atoms with Crippen LogP contribution in [0.2, 0.25) is 0 Å². The largest absolute Gasteiger partial charge is 0.508 e. The molecule has 0 fully saturated rings. The summed E-state index contributed by atoms with van der Waals surface area (Å²) in [5.41, 5.74) is 0.600. The Morgan fingerprint density at radius 2 is 0.656 bits per heavy atom. The molecule has 364 valence electrons. The molecule has 0 heterocycles. The van der Waals surface area contributed by atoms with Crippen LogP contribution in [-0.4, -0.2) is 57.7 Å². The molecule has 11 heteroatoms. The highest BCUT2D eigenvalue weighted by atomic mass is 17.2. The quantitative estimate of drug-likeness (QED) is 0.0274. The number of carbonyl (C=O) groups is 3. The summed E-state index contributed by atoms with van der Waals surface area (Å²) in [6, 6.07) is 13.0. The molecule has 2 aromatic carbocycles. The lowest BCUT2D eigenvalue weighted by molar-refractivity contribution is -0.285. The van der Waals surface area contributed by atoms with Crippen molar-refractivity contribution in [2.45, 2.75) is 219 Å². The fourth-order valence-corrected chi connectivity index (χ4v) is 7.59. The van der Waals surface area contributed by atoms with E-state index in [-0.39, 0.29) is 13.2 Å². The van der Waals surface area contributed by atoms with Gasteiger partial charge in [-0.1, -0.05) is 194 Å². The van der Waals surface area contributed by atoms with E-state index in [1.807, 2.05) is 0 Å². The summed E-state index contributed by atoms with van der Waals surface area (Å²) in [7, 11) is 3.10. The van der Waals surface area contributed by atoms with E-state index in [1.165, 1.54) is 141 Å². The molecule has 2 aromatic rings. The van der Waals surface area contributed by atoms with E-state index in [4.69, 9.17) is 38.5 Å². The number of benzene rings is 2. The van der Waals surface area contributed by atoms with Gasteiger partial charge in [0.2, 0.25) is 0 Å². The van der Waals surface area contributed by atoms with E-state index in [0.29, 0.717) is 35.5 Å². The third-order valence-corrected chi connectivity index (χ3v) is 11.7. The van der Waals surface area contributed by atoms with Gasteiger partial charge in [-0.15, -0.1) is 0 Å². The van der Waals surface area contributed by atoms with Gasteiger partial charge in [-0.25, -0.2) is 14.4 Å². The van der Waals surface area contributed by atoms with Crippen LogP contribution in [0.1, 0.15) is 227 Å². The Morgan fingerprint density at radius 1 is 0.391 bits per heavy atom. The van der Waals surface area contributed by atoms with Crippen LogP contribution in [0.15, 0.2) is 48.5 Å². The molecule has 0 amide bonds. The summed E-state index contributed by atoms with van der Waals surface area (Å²) in [6.07, 6.45) is 33.3. The zero-order chi connectivity index (χ0) is 46.1. The van der Waals surface area contributed by atoms with Crippen molar-refractivity contribution >= 4 is 18.1 Å². The Kier molecular flexibility index (Phi) is 34.8. The molecule has 0 N–H and O–H groups in total. The maximum Gasteiger partial charge on any atom is 0.508 e. The van der Waals surface area contributed by atoms with Crippen LogP contribution in [0.4, 0.5) is 4.79 Å². The van der Waals surface area contributed by atoms with Gasteiger partial charge in [-0.3, -0.25) is 9.78 Å². The third kappa shape index (κ3) is 29.6. The molecule has 0 saturated heterocycles. The van der Waals surface area contributed by atoms with Gasteiger partial charge in [-0.2, -0.15) is 9.78 Å². The fraction of sp³-hybridized carbons (Fsp3) is 0.717. The zero-order valence-corrected chi connectivity index (χ0v) is 40.4. The zero-order valence-electron chi connectivity index (χ0n) is 40.4. The highest BCUT2D eigenvalue weighted by Gasteiger charge is 2.21. The maximum absolute atomic E-state index is 12.9. The van der Waals surface area contributed by atoms with Crippen LogP contribution in [-0.2, 0) is 29.0 Å². The second-order valence-corrected chi connectivity index (χ2v) is 17.3. The smallest absolute Gasteiger partial charge is 0.497 e. The number of unbranched alkanes of at least 4 members (excludes halogenated alkanes) is 26. The fourth-order valence-electron chi connectivity index (χ4n) is 7.59. The Bertz CT molecular complexity index is 1310. The first kappa shape index (κ1) is 56.3. The van der Waals surface area contributed by atoms with Crippen LogP contribution in [0, 0.1) is 0 Å². The Balaban J connectivity index is 1.82. The SMILES string of the molecule is CCCCCCCCCCCCCCCCC(COC(=O)OCC(CCCCCCCCCCCCCCCC)OOC(=O)c1ccc(OC)cc1)OOC(=O)c1ccc(OC)cc1. The van der Waals surface area contributed by atoms with Gasteiger partial charge in [0.05, 0.1) is 25.3 Å². The Labute approximate surface area is 387 Å². The summed E-state index contributed by atoms with van der Waals surface area (Å²) in [4.78, 5) is 59.9. The monoisotopic (exact) mass is 899 g/mol. The number of carbonyl (C=O) groups excluding carboxylic acids is 3. The van der Waals surface area contributed by atoms with Crippen LogP contribution < -0.4 is 9.47 Å². The topological polar surface area (TPSA) is 125 Å². The van der Waals surface area contributed by atoms with Crippen molar-refractivity contribution in [1.82, 2.24) is 0 Å². The minimum Gasteiger partial charge on any atom is -0.497 e. The molecule has 11 nitrogen and oxygen atoms in total. The van der Waals surface area contributed by atoms with Crippen molar-refractivity contribution in [2.75, 3.05) is 27.4 Å². The molecular weight excluding hydrogens is 813 g/mol. The molecule has 0 aliphatic carbocycles. The molecule has 2 unspecified atom stereocenters. The van der Waals surface area contributed by atoms with Crippen molar-refractivity contribution in [3.05, 3.63) is 59.7 Å². The van der Waals surface area contributed by atoms with Crippen LogP contribution in [0.5, 0.6) is 11.5 Å². The highest BCUT2D eigenvalue weighted by Crippen LogP contribution is 2.19. The first-order chi connectivity index (χ1) is 31.4. The predicted molar refractivity (Wildman–Crippen MR) is 254 cm³/mol. The second-order valence-electron chi connectivity index (χ2n) is 17.3. The average molecular weight is 899 g/mol. The first-order valence-electron chi connectivity index (χ1n) is 25.2. The summed E-state index contributed by atoms with van der Waals surface area (Å²) < 4.78 is 21.3. The number of ether oxygens (including phenoxy) is 4. The van der Waals surface area contributed by atoms with Crippen LogP contribution in [0.3, 0.4) is 0 Å². The van der Waals surface area contributed by atoms with Crippen molar-refractivity contribution < 1.29 is 52.9 Å². The average Bonchev–Trinajstić information content (AvgIpc) is 3.32. The van der Waals surface area contributed by atoms with Gasteiger partial charge in [-0.05, 0) is 61.4 Å². The lowest BCUT2D eigenvalue weighted by Crippen LogP contribution is -2.27. The van der Waals surface area contributed by atoms with Crippen molar-refractivity contribution in [2.24, 2.45) is 0 Å². The molecule has 0 aliphatic rings. The van der Waals surface area contributed by atoms with Gasteiger partial charge >= 0.3 is 18.1 Å². The van der Waals surface area contributed by atoms with Gasteiger partial charge in [0, 0.05) is 0 Å². The lowest BCUT2D eigenvalue weighted by Gasteiger charge is -2.18. The van der Waals surface area contributed by atoms with E-state index in [9.17, 15) is 14.4 Å². The molecule has 0 aliphatic heterocycles. The molecule has 0 aromatic heterocycles. The molecule has 2 atom stereocenters. The van der Waals surface area contributed by atoms with Gasteiger partial charge in [0.15, 0.2) is 0 Å². The van der Waals surface area contributed by atoms with Gasteiger partial charge < -0.3 is 18.9 Å². The predicted octanol–water partition coefficient (Wildman–Crippen LogP) is 15.2. The van der Waals surface area contributed by atoms with Gasteiger partial charge in [0.25, 0.3) is 0 Å². The normalized spacial score (nSPS) is 12.1. The Morgan fingerprint density at radius 3 is 0.922 bits per heavy atom. The first-order valence-corrected chi connectivity index (χ1v) is 25.2. The van der Waals surface area contributed by atoms with E-state index < -0.39 is 30.3 Å². The number of rotatable bonds is 42. The number of hydrogen-bond donors (Lipinski definition) is 0.